The molecule has 0 aromatic carbocycles. The molecule has 0 aromatic rings. The Bertz CT molecular complexity index is 388. The minimum Gasteiger partial charge on any atom is -0.294 e. The Balaban J connectivity index is 2.71. The van der Waals surface area contributed by atoms with Crippen LogP contribution in [0.2, 0.25) is 0 Å². The predicted octanol–water partition coefficient (Wildman–Crippen LogP) is 2.82. The van der Waals surface area contributed by atoms with Gasteiger partial charge < -0.3 is 0 Å². The van der Waals surface area contributed by atoms with Crippen molar-refractivity contribution in [1.82, 2.24) is 5.06 Å². The van der Waals surface area contributed by atoms with Gasteiger partial charge in [0, 0.05) is 17.1 Å². The molecule has 0 radical (unpaired) electrons. The van der Waals surface area contributed by atoms with Gasteiger partial charge >= 0.3 is 0 Å². The fourth-order valence-corrected chi connectivity index (χ4v) is 3.14. The first-order valence-corrected chi connectivity index (χ1v) is 6.77. The van der Waals surface area contributed by atoms with Crippen molar-refractivity contribution in [2.45, 2.75) is 39.5 Å². The first-order valence-electron chi connectivity index (χ1n) is 5.98. The molecule has 102 valence electrons. The van der Waals surface area contributed by atoms with Crippen LogP contribution in [0.4, 0.5) is 0 Å². The molecule has 0 aliphatic heterocycles. The Labute approximate surface area is 116 Å². The molecule has 0 bridgehead atoms. The van der Waals surface area contributed by atoms with Crippen molar-refractivity contribution in [3.05, 3.63) is 10.1 Å². The standard InChI is InChI=1S/C13H20BrNO3/c1-13(2)6-5-9(10(14)8-13)11(16)7-12(17)15(3)18-4/h5-8H2,1-4H3. The van der Waals surface area contributed by atoms with E-state index in [1.54, 1.807) is 0 Å². The summed E-state index contributed by atoms with van der Waals surface area (Å²) in [6, 6.07) is 0. The van der Waals surface area contributed by atoms with Crippen molar-refractivity contribution >= 4 is 27.6 Å². The highest BCUT2D eigenvalue weighted by molar-refractivity contribution is 9.11. The lowest BCUT2D eigenvalue weighted by molar-refractivity contribution is -0.169. The molecule has 0 saturated heterocycles. The van der Waals surface area contributed by atoms with Crippen LogP contribution < -0.4 is 0 Å². The summed E-state index contributed by atoms with van der Waals surface area (Å²) in [6.07, 6.45) is 2.42. The van der Waals surface area contributed by atoms with Gasteiger partial charge in [-0.25, -0.2) is 5.06 Å². The monoisotopic (exact) mass is 317 g/mol. The van der Waals surface area contributed by atoms with Gasteiger partial charge in [0.25, 0.3) is 5.91 Å². The minimum absolute atomic E-state index is 0.105. The number of hydrogen-bond donors (Lipinski definition) is 0. The second-order valence-corrected chi connectivity index (χ2v) is 6.36. The predicted molar refractivity (Wildman–Crippen MR) is 73.0 cm³/mol. The average Bonchev–Trinajstić information content (AvgIpc) is 2.26. The Morgan fingerprint density at radius 1 is 1.44 bits per heavy atom. The quantitative estimate of drug-likeness (QED) is 0.591. The summed E-state index contributed by atoms with van der Waals surface area (Å²) in [7, 11) is 2.91. The fraction of sp³-hybridized carbons (Fsp3) is 0.692. The van der Waals surface area contributed by atoms with Crippen LogP contribution >= 0.6 is 15.9 Å². The summed E-state index contributed by atoms with van der Waals surface area (Å²) < 4.78 is 0.941. The number of carbonyl (C=O) groups excluding carboxylic acids is 2. The summed E-state index contributed by atoms with van der Waals surface area (Å²) >= 11 is 3.48. The Kier molecular flexibility index (Phi) is 5.10. The average molecular weight is 318 g/mol. The van der Waals surface area contributed by atoms with Gasteiger partial charge in [0.15, 0.2) is 5.78 Å². The van der Waals surface area contributed by atoms with E-state index in [2.05, 4.69) is 29.8 Å². The third-order valence-electron chi connectivity index (χ3n) is 3.29. The highest BCUT2D eigenvalue weighted by atomic mass is 79.9. The van der Waals surface area contributed by atoms with E-state index in [1.165, 1.54) is 14.2 Å². The lowest BCUT2D eigenvalue weighted by Gasteiger charge is -2.30. The summed E-state index contributed by atoms with van der Waals surface area (Å²) in [5, 5.41) is 1.08. The van der Waals surface area contributed by atoms with Crippen LogP contribution in [-0.2, 0) is 14.4 Å². The number of Topliss-reactive ketones (excluding diaryl/α,β-unsaturated/α-hetero) is 1. The van der Waals surface area contributed by atoms with E-state index in [0.717, 1.165) is 34.4 Å². The van der Waals surface area contributed by atoms with Gasteiger partial charge in [-0.15, -0.1) is 0 Å². The normalized spacial score (nSPS) is 18.7. The number of amides is 1. The van der Waals surface area contributed by atoms with Gasteiger partial charge in [-0.05, 0) is 24.7 Å². The van der Waals surface area contributed by atoms with Crippen LogP contribution in [0.5, 0.6) is 0 Å². The smallest absolute Gasteiger partial charge is 0.253 e. The highest BCUT2D eigenvalue weighted by Gasteiger charge is 2.29. The van der Waals surface area contributed by atoms with Crippen LogP contribution in [0.25, 0.3) is 0 Å². The van der Waals surface area contributed by atoms with E-state index in [4.69, 9.17) is 4.84 Å². The third kappa shape index (κ3) is 3.92. The van der Waals surface area contributed by atoms with Gasteiger partial charge in [-0.1, -0.05) is 29.8 Å². The Morgan fingerprint density at radius 2 is 2.06 bits per heavy atom. The zero-order valence-corrected chi connectivity index (χ0v) is 13.0. The molecular weight excluding hydrogens is 298 g/mol. The number of allylic oxidation sites excluding steroid dienone is 2. The van der Waals surface area contributed by atoms with E-state index >= 15 is 0 Å². The van der Waals surface area contributed by atoms with Crippen LogP contribution in [0.1, 0.15) is 39.5 Å². The number of hydrogen-bond acceptors (Lipinski definition) is 3. The van der Waals surface area contributed by atoms with E-state index in [1.807, 2.05) is 0 Å². The molecule has 4 nitrogen and oxygen atoms in total. The molecule has 0 spiro atoms. The Morgan fingerprint density at radius 3 is 2.56 bits per heavy atom. The third-order valence-corrected chi connectivity index (χ3v) is 4.05. The van der Waals surface area contributed by atoms with E-state index in [9.17, 15) is 9.59 Å². The molecule has 0 fully saturated rings. The molecule has 1 aliphatic rings. The van der Waals surface area contributed by atoms with Gasteiger partial charge in [0.1, 0.15) is 0 Å². The van der Waals surface area contributed by atoms with Gasteiger partial charge in [-0.2, -0.15) is 0 Å². The maximum Gasteiger partial charge on any atom is 0.253 e. The van der Waals surface area contributed by atoms with E-state index < -0.39 is 0 Å². The summed E-state index contributed by atoms with van der Waals surface area (Å²) in [4.78, 5) is 28.4. The zero-order chi connectivity index (χ0) is 13.9. The second-order valence-electron chi connectivity index (χ2n) is 5.40. The van der Waals surface area contributed by atoms with Crippen LogP contribution in [0.3, 0.4) is 0 Å². The molecule has 18 heavy (non-hydrogen) atoms. The number of halogens is 1. The van der Waals surface area contributed by atoms with Crippen molar-refractivity contribution < 1.29 is 14.4 Å². The number of hydroxylamine groups is 2. The van der Waals surface area contributed by atoms with Crippen molar-refractivity contribution in [3.8, 4) is 0 Å². The summed E-state index contributed by atoms with van der Waals surface area (Å²) in [5.74, 6) is -0.425. The fourth-order valence-electron chi connectivity index (χ4n) is 1.96. The van der Waals surface area contributed by atoms with E-state index in [0.29, 0.717) is 0 Å². The maximum atomic E-state index is 12.1. The van der Waals surface area contributed by atoms with Crippen molar-refractivity contribution in [2.75, 3.05) is 14.2 Å². The Hall–Kier alpha value is -0.680. The first-order chi connectivity index (χ1) is 8.26. The molecule has 1 aliphatic carbocycles. The maximum absolute atomic E-state index is 12.1. The number of ketones is 1. The summed E-state index contributed by atoms with van der Waals surface area (Å²) in [5.41, 5.74) is 0.975. The molecule has 0 N–H and O–H groups in total. The zero-order valence-electron chi connectivity index (χ0n) is 11.4. The molecule has 1 rings (SSSR count). The molecule has 0 heterocycles. The van der Waals surface area contributed by atoms with Crippen molar-refractivity contribution in [3.63, 3.8) is 0 Å². The van der Waals surface area contributed by atoms with Crippen molar-refractivity contribution in [1.29, 1.82) is 0 Å². The topological polar surface area (TPSA) is 46.6 Å². The molecular formula is C13H20BrNO3. The molecule has 5 heteroatoms. The van der Waals surface area contributed by atoms with Crippen LogP contribution in [-0.4, -0.2) is 30.9 Å². The van der Waals surface area contributed by atoms with Gasteiger partial charge in [-0.3, -0.25) is 14.4 Å². The number of carbonyl (C=O) groups is 2. The number of nitrogens with zero attached hydrogens (tertiary/aromatic N) is 1. The van der Waals surface area contributed by atoms with E-state index in [-0.39, 0.29) is 23.5 Å². The SMILES string of the molecule is CON(C)C(=O)CC(=O)C1=C(Br)CC(C)(C)CC1. The summed E-state index contributed by atoms with van der Waals surface area (Å²) in [6.45, 7) is 4.36. The lowest BCUT2D eigenvalue weighted by atomic mass is 9.77. The largest absolute Gasteiger partial charge is 0.294 e. The molecule has 0 atom stereocenters. The van der Waals surface area contributed by atoms with Crippen LogP contribution in [0, 0.1) is 5.41 Å². The first kappa shape index (κ1) is 15.4. The van der Waals surface area contributed by atoms with Gasteiger partial charge in [0.05, 0.1) is 13.5 Å². The van der Waals surface area contributed by atoms with Crippen molar-refractivity contribution in [2.24, 2.45) is 5.41 Å². The molecule has 1 amide bonds. The second kappa shape index (κ2) is 5.97. The molecule has 0 unspecified atom stereocenters. The van der Waals surface area contributed by atoms with Crippen LogP contribution in [0.15, 0.2) is 10.1 Å². The lowest BCUT2D eigenvalue weighted by Crippen LogP contribution is -2.29. The molecule has 0 aromatic heterocycles. The van der Waals surface area contributed by atoms with Gasteiger partial charge in [0.2, 0.25) is 0 Å². The minimum atomic E-state index is -0.319. The highest BCUT2D eigenvalue weighted by Crippen LogP contribution is 2.41. The number of rotatable bonds is 4. The molecule has 0 saturated carbocycles.